The summed E-state index contributed by atoms with van der Waals surface area (Å²) in [6.07, 6.45) is 1.03. The SMILES string of the molecule is CC(C)N1CCN(C(=O)C2CC2c2ccccc2)C(C)C1. The molecular formula is C18H26N2O. The molecular weight excluding hydrogens is 260 g/mol. The summed E-state index contributed by atoms with van der Waals surface area (Å²) in [7, 11) is 0. The van der Waals surface area contributed by atoms with Gasteiger partial charge in [0.25, 0.3) is 0 Å². The van der Waals surface area contributed by atoms with E-state index in [2.05, 4.69) is 54.8 Å². The van der Waals surface area contributed by atoms with Gasteiger partial charge in [-0.2, -0.15) is 0 Å². The molecule has 1 aromatic carbocycles. The third-order valence-corrected chi connectivity index (χ3v) is 5.01. The zero-order valence-electron chi connectivity index (χ0n) is 13.3. The zero-order valence-corrected chi connectivity index (χ0v) is 13.3. The number of amides is 1. The number of hydrogen-bond acceptors (Lipinski definition) is 2. The largest absolute Gasteiger partial charge is 0.337 e. The van der Waals surface area contributed by atoms with Gasteiger partial charge in [-0.15, -0.1) is 0 Å². The van der Waals surface area contributed by atoms with E-state index in [0.29, 0.717) is 23.9 Å². The highest BCUT2D eigenvalue weighted by Gasteiger charge is 2.47. The standard InChI is InChI=1S/C18H26N2O/c1-13(2)19-9-10-20(14(3)12-19)18(21)17-11-16(17)15-7-5-4-6-8-15/h4-8,13-14,16-17H,9-12H2,1-3H3. The van der Waals surface area contributed by atoms with Crippen molar-refractivity contribution in [3.05, 3.63) is 35.9 Å². The fourth-order valence-electron chi connectivity index (χ4n) is 3.53. The molecule has 3 heteroatoms. The molecule has 21 heavy (non-hydrogen) atoms. The average molecular weight is 286 g/mol. The van der Waals surface area contributed by atoms with E-state index in [-0.39, 0.29) is 5.92 Å². The highest BCUT2D eigenvalue weighted by atomic mass is 16.2. The first-order valence-corrected chi connectivity index (χ1v) is 8.17. The van der Waals surface area contributed by atoms with Crippen LogP contribution in [0.3, 0.4) is 0 Å². The lowest BCUT2D eigenvalue weighted by atomic mass is 10.1. The molecule has 0 spiro atoms. The van der Waals surface area contributed by atoms with Crippen LogP contribution in [0, 0.1) is 5.92 Å². The molecule has 1 saturated carbocycles. The maximum atomic E-state index is 12.7. The summed E-state index contributed by atoms with van der Waals surface area (Å²) in [5.74, 6) is 1.05. The van der Waals surface area contributed by atoms with Crippen LogP contribution in [0.2, 0.25) is 0 Å². The van der Waals surface area contributed by atoms with E-state index in [1.807, 2.05) is 6.07 Å². The maximum absolute atomic E-state index is 12.7. The second kappa shape index (κ2) is 5.80. The normalized spacial score (nSPS) is 29.7. The van der Waals surface area contributed by atoms with Crippen LogP contribution in [-0.4, -0.2) is 47.4 Å². The fraction of sp³-hybridized carbons (Fsp3) is 0.611. The molecule has 1 heterocycles. The van der Waals surface area contributed by atoms with Gasteiger partial charge in [-0.25, -0.2) is 0 Å². The van der Waals surface area contributed by atoms with Gasteiger partial charge in [0.2, 0.25) is 5.91 Å². The van der Waals surface area contributed by atoms with Gasteiger partial charge >= 0.3 is 0 Å². The summed E-state index contributed by atoms with van der Waals surface area (Å²) in [5.41, 5.74) is 1.32. The summed E-state index contributed by atoms with van der Waals surface area (Å²) in [4.78, 5) is 17.3. The quantitative estimate of drug-likeness (QED) is 0.853. The number of carbonyl (C=O) groups excluding carboxylic acids is 1. The van der Waals surface area contributed by atoms with Crippen molar-refractivity contribution in [3.63, 3.8) is 0 Å². The molecule has 3 unspecified atom stereocenters. The Kier molecular flexibility index (Phi) is 4.03. The lowest BCUT2D eigenvalue weighted by Crippen LogP contribution is -2.56. The number of hydrogen-bond donors (Lipinski definition) is 0. The summed E-state index contributed by atoms with van der Waals surface area (Å²) in [5, 5.41) is 0. The summed E-state index contributed by atoms with van der Waals surface area (Å²) < 4.78 is 0. The average Bonchev–Trinajstić information content (AvgIpc) is 3.28. The molecule has 3 rings (SSSR count). The Morgan fingerprint density at radius 3 is 2.52 bits per heavy atom. The maximum Gasteiger partial charge on any atom is 0.226 e. The third kappa shape index (κ3) is 2.98. The monoisotopic (exact) mass is 286 g/mol. The van der Waals surface area contributed by atoms with E-state index < -0.39 is 0 Å². The topological polar surface area (TPSA) is 23.6 Å². The molecule has 2 aliphatic rings. The summed E-state index contributed by atoms with van der Waals surface area (Å²) >= 11 is 0. The van der Waals surface area contributed by atoms with E-state index in [1.165, 1.54) is 5.56 Å². The summed E-state index contributed by atoms with van der Waals surface area (Å²) in [6, 6.07) is 11.4. The van der Waals surface area contributed by atoms with E-state index in [1.54, 1.807) is 0 Å². The van der Waals surface area contributed by atoms with Gasteiger partial charge in [0.05, 0.1) is 0 Å². The Labute approximate surface area is 127 Å². The Morgan fingerprint density at radius 1 is 1.19 bits per heavy atom. The van der Waals surface area contributed by atoms with Crippen molar-refractivity contribution >= 4 is 5.91 Å². The second-order valence-corrected chi connectivity index (χ2v) is 6.83. The molecule has 0 bridgehead atoms. The highest BCUT2D eigenvalue weighted by molar-refractivity contribution is 5.83. The first-order chi connectivity index (χ1) is 10.1. The van der Waals surface area contributed by atoms with Gasteiger partial charge in [0, 0.05) is 37.6 Å². The van der Waals surface area contributed by atoms with Crippen molar-refractivity contribution in [3.8, 4) is 0 Å². The Balaban J connectivity index is 1.60. The highest BCUT2D eigenvalue weighted by Crippen LogP contribution is 2.48. The van der Waals surface area contributed by atoms with Gasteiger partial charge < -0.3 is 4.90 Å². The van der Waals surface area contributed by atoms with Crippen molar-refractivity contribution in [2.45, 2.75) is 45.2 Å². The Hall–Kier alpha value is -1.35. The van der Waals surface area contributed by atoms with E-state index in [4.69, 9.17) is 0 Å². The molecule has 114 valence electrons. The summed E-state index contributed by atoms with van der Waals surface area (Å²) in [6.45, 7) is 9.55. The molecule has 0 aromatic heterocycles. The molecule has 2 fully saturated rings. The van der Waals surface area contributed by atoms with Crippen LogP contribution in [0.1, 0.15) is 38.7 Å². The lowest BCUT2D eigenvalue weighted by Gasteiger charge is -2.41. The number of nitrogens with zero attached hydrogens (tertiary/aromatic N) is 2. The van der Waals surface area contributed by atoms with Gasteiger partial charge in [-0.1, -0.05) is 30.3 Å². The van der Waals surface area contributed by atoms with Crippen molar-refractivity contribution in [2.75, 3.05) is 19.6 Å². The van der Waals surface area contributed by atoms with Crippen molar-refractivity contribution < 1.29 is 4.79 Å². The van der Waals surface area contributed by atoms with Crippen LogP contribution in [-0.2, 0) is 4.79 Å². The molecule has 1 aliphatic heterocycles. The van der Waals surface area contributed by atoms with Crippen LogP contribution in [0.5, 0.6) is 0 Å². The molecule has 1 saturated heterocycles. The first-order valence-electron chi connectivity index (χ1n) is 8.17. The van der Waals surface area contributed by atoms with Crippen LogP contribution in [0.25, 0.3) is 0 Å². The van der Waals surface area contributed by atoms with Crippen molar-refractivity contribution in [2.24, 2.45) is 5.92 Å². The minimum Gasteiger partial charge on any atom is -0.337 e. The van der Waals surface area contributed by atoms with Crippen LogP contribution in [0.15, 0.2) is 30.3 Å². The van der Waals surface area contributed by atoms with Gasteiger partial charge in [-0.05, 0) is 38.7 Å². The first kappa shape index (κ1) is 14.6. The van der Waals surface area contributed by atoms with E-state index in [9.17, 15) is 4.79 Å². The smallest absolute Gasteiger partial charge is 0.226 e. The van der Waals surface area contributed by atoms with Crippen LogP contribution in [0.4, 0.5) is 0 Å². The lowest BCUT2D eigenvalue weighted by molar-refractivity contribution is -0.137. The van der Waals surface area contributed by atoms with Crippen LogP contribution < -0.4 is 0 Å². The third-order valence-electron chi connectivity index (χ3n) is 5.01. The molecule has 0 N–H and O–H groups in total. The van der Waals surface area contributed by atoms with E-state index >= 15 is 0 Å². The Morgan fingerprint density at radius 2 is 1.90 bits per heavy atom. The second-order valence-electron chi connectivity index (χ2n) is 6.83. The van der Waals surface area contributed by atoms with Gasteiger partial charge in [0.15, 0.2) is 0 Å². The van der Waals surface area contributed by atoms with Crippen LogP contribution >= 0.6 is 0 Å². The fourth-order valence-corrected chi connectivity index (χ4v) is 3.53. The molecule has 0 radical (unpaired) electrons. The minimum atomic E-state index is 0.223. The molecule has 1 amide bonds. The number of benzene rings is 1. The van der Waals surface area contributed by atoms with Gasteiger partial charge in [-0.3, -0.25) is 9.69 Å². The molecule has 1 aliphatic carbocycles. The van der Waals surface area contributed by atoms with Gasteiger partial charge in [0.1, 0.15) is 0 Å². The predicted octanol–water partition coefficient (Wildman–Crippen LogP) is 2.73. The number of piperazine rings is 1. The zero-order chi connectivity index (χ0) is 15.0. The Bertz CT molecular complexity index is 499. The van der Waals surface area contributed by atoms with Crippen molar-refractivity contribution in [1.82, 2.24) is 9.80 Å². The number of rotatable bonds is 3. The van der Waals surface area contributed by atoms with E-state index in [0.717, 1.165) is 26.1 Å². The molecule has 3 nitrogen and oxygen atoms in total. The number of carbonyl (C=O) groups is 1. The predicted molar refractivity (Wildman–Crippen MR) is 85.2 cm³/mol. The molecule has 3 atom stereocenters. The molecule has 1 aromatic rings. The minimum absolute atomic E-state index is 0.223. The van der Waals surface area contributed by atoms with Crippen molar-refractivity contribution in [1.29, 1.82) is 0 Å².